The van der Waals surface area contributed by atoms with Crippen LogP contribution in [0.1, 0.15) is 19.3 Å². The predicted octanol–water partition coefficient (Wildman–Crippen LogP) is 1.39. The van der Waals surface area contributed by atoms with Crippen LogP contribution in [0.25, 0.3) is 0 Å². The highest BCUT2D eigenvalue weighted by Crippen LogP contribution is 2.54. The molecule has 2 fully saturated rings. The molecule has 1 amide bonds. The molecule has 1 aromatic rings. The Bertz CT molecular complexity index is 336. The lowest BCUT2D eigenvalue weighted by atomic mass is 10.0. The monoisotopic (exact) mass is 191 g/mol. The van der Waals surface area contributed by atoms with Crippen LogP contribution in [0.4, 0.5) is 5.95 Å². The number of hydrogen-bond donors (Lipinski definition) is 2. The molecule has 2 aliphatic rings. The minimum atomic E-state index is 0.132. The first kappa shape index (κ1) is 8.03. The van der Waals surface area contributed by atoms with Crippen molar-refractivity contribution in [3.8, 4) is 0 Å². The first-order valence-corrected chi connectivity index (χ1v) is 5.13. The van der Waals surface area contributed by atoms with Crippen molar-refractivity contribution in [3.05, 3.63) is 12.4 Å². The lowest BCUT2D eigenvalue weighted by Gasteiger charge is -2.09. The Hall–Kier alpha value is -1.32. The lowest BCUT2D eigenvalue weighted by molar-refractivity contribution is -0.120. The van der Waals surface area contributed by atoms with Crippen LogP contribution in [-0.2, 0) is 4.79 Å². The minimum absolute atomic E-state index is 0.132. The quantitative estimate of drug-likeness (QED) is 0.742. The van der Waals surface area contributed by atoms with Gasteiger partial charge in [-0.3, -0.25) is 10.1 Å². The molecule has 14 heavy (non-hydrogen) atoms. The van der Waals surface area contributed by atoms with Crippen LogP contribution >= 0.6 is 0 Å². The van der Waals surface area contributed by atoms with Crippen LogP contribution in [0.3, 0.4) is 0 Å². The molecule has 0 bridgehead atoms. The summed E-state index contributed by atoms with van der Waals surface area (Å²) in [5.41, 5.74) is 0. The van der Waals surface area contributed by atoms with Gasteiger partial charge in [0.25, 0.3) is 0 Å². The van der Waals surface area contributed by atoms with Crippen molar-refractivity contribution in [2.45, 2.75) is 19.3 Å². The Kier molecular flexibility index (Phi) is 1.63. The van der Waals surface area contributed by atoms with E-state index in [0.29, 0.717) is 5.95 Å². The second-order valence-corrected chi connectivity index (χ2v) is 4.35. The molecule has 2 saturated carbocycles. The molecule has 0 aromatic carbocycles. The van der Waals surface area contributed by atoms with E-state index in [9.17, 15) is 4.79 Å². The van der Waals surface area contributed by atoms with Crippen molar-refractivity contribution in [1.82, 2.24) is 9.97 Å². The van der Waals surface area contributed by atoms with Gasteiger partial charge in [0, 0.05) is 18.3 Å². The van der Waals surface area contributed by atoms with Crippen molar-refractivity contribution in [2.24, 2.45) is 17.8 Å². The molecule has 0 aliphatic heterocycles. The molecule has 0 spiro atoms. The zero-order valence-electron chi connectivity index (χ0n) is 7.86. The molecule has 2 N–H and O–H groups in total. The van der Waals surface area contributed by atoms with Crippen LogP contribution < -0.4 is 5.32 Å². The number of H-pyrrole nitrogens is 1. The fraction of sp³-hybridized carbons (Fsp3) is 0.600. The Labute approximate surface area is 82.1 Å². The molecule has 3 rings (SSSR count). The van der Waals surface area contributed by atoms with Gasteiger partial charge in [-0.15, -0.1) is 0 Å². The maximum Gasteiger partial charge on any atom is 0.229 e. The number of hydrogen-bond acceptors (Lipinski definition) is 2. The standard InChI is InChI=1S/C10H13N3O/c14-9(13-10-11-1-2-12-10)8-4-6-3-7(6)5-8/h1-2,6-8H,3-5H2,(H2,11,12,13,14). The normalized spacial score (nSPS) is 33.9. The van der Waals surface area contributed by atoms with Crippen LogP contribution in [0.5, 0.6) is 0 Å². The molecule has 1 aromatic heterocycles. The maximum absolute atomic E-state index is 11.7. The first-order valence-electron chi connectivity index (χ1n) is 5.13. The summed E-state index contributed by atoms with van der Waals surface area (Å²) in [6.45, 7) is 0. The van der Waals surface area contributed by atoms with E-state index >= 15 is 0 Å². The van der Waals surface area contributed by atoms with Crippen LogP contribution in [0, 0.1) is 17.8 Å². The topological polar surface area (TPSA) is 57.8 Å². The summed E-state index contributed by atoms with van der Waals surface area (Å²) in [6, 6.07) is 0. The third-order valence-corrected chi connectivity index (χ3v) is 3.35. The summed E-state index contributed by atoms with van der Waals surface area (Å²) >= 11 is 0. The molecule has 74 valence electrons. The SMILES string of the molecule is O=C(Nc1ncc[nH]1)C1CC2CC2C1. The van der Waals surface area contributed by atoms with Crippen molar-refractivity contribution < 1.29 is 4.79 Å². The average molecular weight is 191 g/mol. The van der Waals surface area contributed by atoms with Gasteiger partial charge < -0.3 is 4.98 Å². The van der Waals surface area contributed by atoms with Gasteiger partial charge in [0.05, 0.1) is 0 Å². The highest BCUT2D eigenvalue weighted by atomic mass is 16.2. The van der Waals surface area contributed by atoms with Gasteiger partial charge in [-0.2, -0.15) is 0 Å². The second-order valence-electron chi connectivity index (χ2n) is 4.35. The van der Waals surface area contributed by atoms with Gasteiger partial charge in [-0.25, -0.2) is 4.98 Å². The molecule has 2 unspecified atom stereocenters. The smallest absolute Gasteiger partial charge is 0.229 e. The number of imidazole rings is 1. The van der Waals surface area contributed by atoms with Crippen molar-refractivity contribution in [3.63, 3.8) is 0 Å². The molecular weight excluding hydrogens is 178 g/mol. The van der Waals surface area contributed by atoms with Gasteiger partial charge in [-0.05, 0) is 31.1 Å². The van der Waals surface area contributed by atoms with E-state index in [1.54, 1.807) is 12.4 Å². The summed E-state index contributed by atoms with van der Waals surface area (Å²) in [7, 11) is 0. The van der Waals surface area contributed by atoms with E-state index < -0.39 is 0 Å². The number of carbonyl (C=O) groups excluding carboxylic acids is 1. The molecular formula is C10H13N3O. The van der Waals surface area contributed by atoms with E-state index in [4.69, 9.17) is 0 Å². The Morgan fingerprint density at radius 3 is 2.86 bits per heavy atom. The largest absolute Gasteiger partial charge is 0.331 e. The molecule has 2 aliphatic carbocycles. The number of aromatic amines is 1. The summed E-state index contributed by atoms with van der Waals surface area (Å²) < 4.78 is 0. The Morgan fingerprint density at radius 1 is 1.43 bits per heavy atom. The van der Waals surface area contributed by atoms with Crippen molar-refractivity contribution in [1.29, 1.82) is 0 Å². The fourth-order valence-electron chi connectivity index (χ4n) is 2.48. The van der Waals surface area contributed by atoms with Gasteiger partial charge in [0.1, 0.15) is 0 Å². The van der Waals surface area contributed by atoms with Crippen LogP contribution in [0.2, 0.25) is 0 Å². The van der Waals surface area contributed by atoms with Gasteiger partial charge in [0.2, 0.25) is 11.9 Å². The van der Waals surface area contributed by atoms with Gasteiger partial charge in [0.15, 0.2) is 0 Å². The maximum atomic E-state index is 11.7. The van der Waals surface area contributed by atoms with Gasteiger partial charge >= 0.3 is 0 Å². The van der Waals surface area contributed by atoms with E-state index in [-0.39, 0.29) is 11.8 Å². The summed E-state index contributed by atoms with van der Waals surface area (Å²) in [6.07, 6.45) is 6.86. The summed E-state index contributed by atoms with van der Waals surface area (Å²) in [4.78, 5) is 18.5. The number of rotatable bonds is 2. The third kappa shape index (κ3) is 1.31. The number of amides is 1. The molecule has 4 heteroatoms. The predicted molar refractivity (Wildman–Crippen MR) is 51.5 cm³/mol. The number of carbonyl (C=O) groups is 1. The molecule has 0 radical (unpaired) electrons. The first-order chi connectivity index (χ1) is 6.83. The van der Waals surface area contributed by atoms with Crippen molar-refractivity contribution >= 4 is 11.9 Å². The highest BCUT2D eigenvalue weighted by molar-refractivity contribution is 5.91. The minimum Gasteiger partial charge on any atom is -0.331 e. The molecule has 2 atom stereocenters. The number of aromatic nitrogens is 2. The van der Waals surface area contributed by atoms with E-state index in [2.05, 4.69) is 15.3 Å². The zero-order chi connectivity index (χ0) is 9.54. The molecule has 0 saturated heterocycles. The lowest BCUT2D eigenvalue weighted by Crippen LogP contribution is -2.22. The van der Waals surface area contributed by atoms with E-state index in [0.717, 1.165) is 24.7 Å². The number of nitrogens with zero attached hydrogens (tertiary/aromatic N) is 1. The number of fused-ring (bicyclic) bond motifs is 1. The Morgan fingerprint density at radius 2 is 2.21 bits per heavy atom. The molecule has 1 heterocycles. The molecule has 4 nitrogen and oxygen atoms in total. The zero-order valence-corrected chi connectivity index (χ0v) is 7.86. The average Bonchev–Trinajstić information content (AvgIpc) is 2.68. The Balaban J connectivity index is 1.60. The van der Waals surface area contributed by atoms with E-state index in [1.165, 1.54) is 6.42 Å². The van der Waals surface area contributed by atoms with Gasteiger partial charge in [-0.1, -0.05) is 0 Å². The third-order valence-electron chi connectivity index (χ3n) is 3.35. The second kappa shape index (κ2) is 2.83. The fourth-order valence-corrected chi connectivity index (χ4v) is 2.48. The van der Waals surface area contributed by atoms with Crippen LogP contribution in [0.15, 0.2) is 12.4 Å². The number of anilines is 1. The number of nitrogens with one attached hydrogen (secondary N) is 2. The van der Waals surface area contributed by atoms with Crippen molar-refractivity contribution in [2.75, 3.05) is 5.32 Å². The van der Waals surface area contributed by atoms with Crippen LogP contribution in [-0.4, -0.2) is 15.9 Å². The van der Waals surface area contributed by atoms with E-state index in [1.807, 2.05) is 0 Å². The summed E-state index contributed by atoms with van der Waals surface area (Å²) in [5.74, 6) is 2.62. The summed E-state index contributed by atoms with van der Waals surface area (Å²) in [5, 5.41) is 2.80. The highest BCUT2D eigenvalue weighted by Gasteiger charge is 2.48.